The Balaban J connectivity index is 2.07. The first-order valence-corrected chi connectivity index (χ1v) is 6.43. The molecular formula is C16H18FNO2. The van der Waals surface area contributed by atoms with Crippen molar-refractivity contribution in [1.82, 2.24) is 5.32 Å². The molecule has 1 atom stereocenters. The van der Waals surface area contributed by atoms with Crippen LogP contribution < -0.4 is 14.8 Å². The molecule has 4 heteroatoms. The number of methoxy groups -OCH3 is 1. The molecule has 0 radical (unpaired) electrons. The molecule has 0 amide bonds. The second-order valence-electron chi connectivity index (χ2n) is 4.35. The van der Waals surface area contributed by atoms with Crippen LogP contribution in [0, 0.1) is 5.82 Å². The number of hydrogen-bond acceptors (Lipinski definition) is 3. The quantitative estimate of drug-likeness (QED) is 0.878. The van der Waals surface area contributed by atoms with E-state index in [9.17, 15) is 4.39 Å². The van der Waals surface area contributed by atoms with Crippen molar-refractivity contribution in [2.75, 3.05) is 20.8 Å². The van der Waals surface area contributed by atoms with Gasteiger partial charge in [-0.2, -0.15) is 0 Å². The molecule has 106 valence electrons. The largest absolute Gasteiger partial charge is 0.496 e. The number of benzene rings is 2. The second kappa shape index (κ2) is 6.91. The van der Waals surface area contributed by atoms with Gasteiger partial charge in [0.1, 0.15) is 23.9 Å². The van der Waals surface area contributed by atoms with E-state index >= 15 is 0 Å². The minimum atomic E-state index is -0.271. The number of nitrogens with one attached hydrogen (secondary N) is 1. The molecule has 0 aliphatic rings. The first kappa shape index (κ1) is 14.3. The van der Waals surface area contributed by atoms with Crippen LogP contribution in [0.1, 0.15) is 11.6 Å². The van der Waals surface area contributed by atoms with Crippen molar-refractivity contribution in [3.63, 3.8) is 0 Å². The van der Waals surface area contributed by atoms with Crippen LogP contribution >= 0.6 is 0 Å². The third-order valence-electron chi connectivity index (χ3n) is 3.09. The summed E-state index contributed by atoms with van der Waals surface area (Å²) in [4.78, 5) is 0. The SMILES string of the molecule is CNC(COc1ccc(F)cc1)c1ccccc1OC. The van der Waals surface area contributed by atoms with E-state index in [0.717, 1.165) is 11.3 Å². The molecular weight excluding hydrogens is 257 g/mol. The summed E-state index contributed by atoms with van der Waals surface area (Å²) in [5.41, 5.74) is 1.03. The second-order valence-corrected chi connectivity index (χ2v) is 4.35. The van der Waals surface area contributed by atoms with Gasteiger partial charge in [-0.05, 0) is 37.4 Å². The van der Waals surface area contributed by atoms with Gasteiger partial charge >= 0.3 is 0 Å². The highest BCUT2D eigenvalue weighted by molar-refractivity contribution is 5.36. The molecule has 0 saturated carbocycles. The zero-order valence-electron chi connectivity index (χ0n) is 11.6. The lowest BCUT2D eigenvalue weighted by molar-refractivity contribution is 0.268. The van der Waals surface area contributed by atoms with Crippen LogP contribution in [0.4, 0.5) is 4.39 Å². The summed E-state index contributed by atoms with van der Waals surface area (Å²) >= 11 is 0. The molecule has 0 aromatic heterocycles. The fourth-order valence-corrected chi connectivity index (χ4v) is 1.99. The number of rotatable bonds is 6. The van der Waals surface area contributed by atoms with Crippen LogP contribution in [-0.4, -0.2) is 20.8 Å². The van der Waals surface area contributed by atoms with Crippen molar-refractivity contribution < 1.29 is 13.9 Å². The molecule has 0 saturated heterocycles. The van der Waals surface area contributed by atoms with Crippen LogP contribution in [0.5, 0.6) is 11.5 Å². The summed E-state index contributed by atoms with van der Waals surface area (Å²) < 4.78 is 23.9. The average molecular weight is 275 g/mol. The van der Waals surface area contributed by atoms with Gasteiger partial charge < -0.3 is 14.8 Å². The molecule has 2 aromatic carbocycles. The van der Waals surface area contributed by atoms with Crippen LogP contribution in [0.2, 0.25) is 0 Å². The van der Waals surface area contributed by atoms with Gasteiger partial charge in [0.05, 0.1) is 13.2 Å². The van der Waals surface area contributed by atoms with Gasteiger partial charge in [0.25, 0.3) is 0 Å². The van der Waals surface area contributed by atoms with Gasteiger partial charge in [-0.1, -0.05) is 18.2 Å². The third kappa shape index (κ3) is 3.48. The number of halogens is 1. The van der Waals surface area contributed by atoms with E-state index < -0.39 is 0 Å². The average Bonchev–Trinajstić information content (AvgIpc) is 2.50. The Labute approximate surface area is 118 Å². The van der Waals surface area contributed by atoms with Crippen molar-refractivity contribution in [2.24, 2.45) is 0 Å². The topological polar surface area (TPSA) is 30.5 Å². The maximum atomic E-state index is 12.8. The summed E-state index contributed by atoms with van der Waals surface area (Å²) in [5, 5.41) is 3.20. The Morgan fingerprint density at radius 2 is 1.80 bits per heavy atom. The van der Waals surface area contributed by atoms with Gasteiger partial charge in [0, 0.05) is 5.56 Å². The zero-order valence-corrected chi connectivity index (χ0v) is 11.6. The highest BCUT2D eigenvalue weighted by Crippen LogP contribution is 2.25. The summed E-state index contributed by atoms with van der Waals surface area (Å²) in [6, 6.07) is 13.8. The van der Waals surface area contributed by atoms with E-state index in [1.807, 2.05) is 31.3 Å². The number of likely N-dealkylation sites (N-methyl/N-ethyl adjacent to an activating group) is 1. The predicted octanol–water partition coefficient (Wildman–Crippen LogP) is 3.17. The van der Waals surface area contributed by atoms with Gasteiger partial charge in [0.2, 0.25) is 0 Å². The lowest BCUT2D eigenvalue weighted by atomic mass is 10.1. The van der Waals surface area contributed by atoms with E-state index in [-0.39, 0.29) is 11.9 Å². The molecule has 0 fully saturated rings. The summed E-state index contributed by atoms with van der Waals surface area (Å²) in [6.45, 7) is 0.433. The maximum absolute atomic E-state index is 12.8. The number of ether oxygens (including phenoxy) is 2. The lowest BCUT2D eigenvalue weighted by Crippen LogP contribution is -2.23. The summed E-state index contributed by atoms with van der Waals surface area (Å²) in [6.07, 6.45) is 0. The van der Waals surface area contributed by atoms with Crippen LogP contribution in [0.3, 0.4) is 0 Å². The monoisotopic (exact) mass is 275 g/mol. The van der Waals surface area contributed by atoms with Crippen LogP contribution in [-0.2, 0) is 0 Å². The number of para-hydroxylation sites is 1. The van der Waals surface area contributed by atoms with Gasteiger partial charge in [-0.3, -0.25) is 0 Å². The summed E-state index contributed by atoms with van der Waals surface area (Å²) in [5.74, 6) is 1.18. The molecule has 1 unspecified atom stereocenters. The predicted molar refractivity (Wildman–Crippen MR) is 76.7 cm³/mol. The standard InChI is InChI=1S/C16H18FNO2/c1-18-15(14-5-3-4-6-16(14)19-2)11-20-13-9-7-12(17)8-10-13/h3-10,15,18H,11H2,1-2H3. The van der Waals surface area contributed by atoms with Gasteiger partial charge in [-0.15, -0.1) is 0 Å². The maximum Gasteiger partial charge on any atom is 0.123 e. The molecule has 0 aliphatic carbocycles. The molecule has 2 aromatic rings. The molecule has 20 heavy (non-hydrogen) atoms. The molecule has 2 rings (SSSR count). The van der Waals surface area contributed by atoms with E-state index in [4.69, 9.17) is 9.47 Å². The smallest absolute Gasteiger partial charge is 0.123 e. The molecule has 0 heterocycles. The van der Waals surface area contributed by atoms with Crippen molar-refractivity contribution in [2.45, 2.75) is 6.04 Å². The first-order valence-electron chi connectivity index (χ1n) is 6.43. The van der Waals surface area contributed by atoms with Gasteiger partial charge in [-0.25, -0.2) is 4.39 Å². The lowest BCUT2D eigenvalue weighted by Gasteiger charge is -2.19. The van der Waals surface area contributed by atoms with E-state index in [1.54, 1.807) is 19.2 Å². The Morgan fingerprint density at radius 1 is 1.10 bits per heavy atom. The Hall–Kier alpha value is -2.07. The molecule has 1 N–H and O–H groups in total. The Kier molecular flexibility index (Phi) is 4.96. The third-order valence-corrected chi connectivity index (χ3v) is 3.09. The molecule has 0 spiro atoms. The van der Waals surface area contributed by atoms with E-state index in [2.05, 4.69) is 5.32 Å². The zero-order chi connectivity index (χ0) is 14.4. The fraction of sp³-hybridized carbons (Fsp3) is 0.250. The van der Waals surface area contributed by atoms with Gasteiger partial charge in [0.15, 0.2) is 0 Å². The minimum Gasteiger partial charge on any atom is -0.496 e. The fourth-order valence-electron chi connectivity index (χ4n) is 1.99. The minimum absolute atomic E-state index is 0.00352. The van der Waals surface area contributed by atoms with Crippen molar-refractivity contribution in [3.05, 3.63) is 59.9 Å². The highest BCUT2D eigenvalue weighted by Gasteiger charge is 2.14. The molecule has 3 nitrogen and oxygen atoms in total. The molecule has 0 bridgehead atoms. The number of hydrogen-bond donors (Lipinski definition) is 1. The highest BCUT2D eigenvalue weighted by atomic mass is 19.1. The Bertz CT molecular complexity index is 542. The van der Waals surface area contributed by atoms with Crippen LogP contribution in [0.25, 0.3) is 0 Å². The Morgan fingerprint density at radius 3 is 2.45 bits per heavy atom. The van der Waals surface area contributed by atoms with Crippen LogP contribution in [0.15, 0.2) is 48.5 Å². The first-order chi connectivity index (χ1) is 9.74. The van der Waals surface area contributed by atoms with Crippen molar-refractivity contribution in [1.29, 1.82) is 0 Å². The summed E-state index contributed by atoms with van der Waals surface area (Å²) in [7, 11) is 3.51. The normalized spacial score (nSPS) is 11.9. The van der Waals surface area contributed by atoms with Crippen molar-refractivity contribution in [3.8, 4) is 11.5 Å². The van der Waals surface area contributed by atoms with Crippen molar-refractivity contribution >= 4 is 0 Å². The van der Waals surface area contributed by atoms with E-state index in [0.29, 0.717) is 12.4 Å². The van der Waals surface area contributed by atoms with E-state index in [1.165, 1.54) is 12.1 Å². The molecule has 0 aliphatic heterocycles.